The van der Waals surface area contributed by atoms with Gasteiger partial charge in [-0.05, 0) is 66.9 Å². The van der Waals surface area contributed by atoms with Crippen LogP contribution >= 0.6 is 0 Å². The first kappa shape index (κ1) is 30.9. The van der Waals surface area contributed by atoms with Gasteiger partial charge in [0, 0.05) is 51.0 Å². The van der Waals surface area contributed by atoms with Crippen LogP contribution in [0.5, 0.6) is 0 Å². The van der Waals surface area contributed by atoms with Crippen LogP contribution in [0.4, 0.5) is 19.0 Å². The maximum absolute atomic E-state index is 14.1. The highest BCUT2D eigenvalue weighted by molar-refractivity contribution is 7.89. The Morgan fingerprint density at radius 2 is 1.89 bits per heavy atom. The van der Waals surface area contributed by atoms with Crippen LogP contribution in [-0.2, 0) is 27.5 Å². The Labute approximate surface area is 258 Å². The first-order valence-corrected chi connectivity index (χ1v) is 15.8. The monoisotopic (exact) mass is 643 g/mol. The summed E-state index contributed by atoms with van der Waals surface area (Å²) in [6, 6.07) is 9.90. The van der Waals surface area contributed by atoms with E-state index < -0.39 is 33.9 Å². The zero-order valence-electron chi connectivity index (χ0n) is 24.9. The summed E-state index contributed by atoms with van der Waals surface area (Å²) in [4.78, 5) is 20.9. The molecule has 0 saturated carbocycles. The van der Waals surface area contributed by atoms with E-state index in [4.69, 9.17) is 0 Å². The zero-order valence-corrected chi connectivity index (χ0v) is 25.7. The van der Waals surface area contributed by atoms with Gasteiger partial charge in [0.1, 0.15) is 10.7 Å². The summed E-state index contributed by atoms with van der Waals surface area (Å²) in [7, 11) is -1.95. The van der Waals surface area contributed by atoms with E-state index in [2.05, 4.69) is 25.0 Å². The molecule has 4 aromatic rings. The van der Waals surface area contributed by atoms with E-state index in [1.165, 1.54) is 16.6 Å². The van der Waals surface area contributed by atoms with Crippen molar-refractivity contribution in [2.24, 2.45) is 0 Å². The minimum absolute atomic E-state index is 0.0208. The lowest BCUT2D eigenvalue weighted by Gasteiger charge is -2.40. The number of anilines is 1. The highest BCUT2D eigenvalue weighted by Gasteiger charge is 2.40. The molecule has 1 N–H and O–H groups in total. The van der Waals surface area contributed by atoms with Crippen molar-refractivity contribution < 1.29 is 31.5 Å². The number of aromatic nitrogens is 4. The Bertz CT molecular complexity index is 1900. The number of sulfonamides is 1. The van der Waals surface area contributed by atoms with Gasteiger partial charge in [0.05, 0.1) is 12.5 Å². The third kappa shape index (κ3) is 5.64. The zero-order chi connectivity index (χ0) is 32.3. The van der Waals surface area contributed by atoms with Gasteiger partial charge in [-0.15, -0.1) is 10.2 Å². The number of aryl methyl sites for hydroxylation is 2. The van der Waals surface area contributed by atoms with E-state index >= 15 is 0 Å². The van der Waals surface area contributed by atoms with Crippen LogP contribution in [-0.4, -0.2) is 87.5 Å². The molecular formula is C30H32F3N7O4S. The molecule has 1 saturated heterocycles. The van der Waals surface area contributed by atoms with Gasteiger partial charge in [0.15, 0.2) is 5.65 Å². The molecule has 0 aliphatic carbocycles. The topological polar surface area (TPSA) is 124 Å². The number of likely N-dealkylation sites (N-methyl/N-ethyl adjacent to an activating group) is 1. The molecule has 0 spiro atoms. The van der Waals surface area contributed by atoms with Crippen LogP contribution in [0.15, 0.2) is 53.7 Å². The molecule has 0 radical (unpaired) electrons. The number of hydrogen-bond acceptors (Lipinski definition) is 8. The van der Waals surface area contributed by atoms with E-state index in [9.17, 15) is 31.5 Å². The number of alkyl halides is 3. The van der Waals surface area contributed by atoms with Gasteiger partial charge < -0.3 is 14.9 Å². The van der Waals surface area contributed by atoms with Crippen LogP contribution in [0.25, 0.3) is 5.65 Å². The summed E-state index contributed by atoms with van der Waals surface area (Å²) >= 11 is 0. The van der Waals surface area contributed by atoms with E-state index in [-0.39, 0.29) is 36.1 Å². The van der Waals surface area contributed by atoms with Gasteiger partial charge >= 0.3 is 12.1 Å². The third-order valence-corrected chi connectivity index (χ3v) is 10.6. The van der Waals surface area contributed by atoms with E-state index in [0.29, 0.717) is 41.2 Å². The summed E-state index contributed by atoms with van der Waals surface area (Å²) in [5.41, 5.74) is 2.94. The van der Waals surface area contributed by atoms with E-state index in [1.54, 1.807) is 37.4 Å². The highest BCUT2D eigenvalue weighted by atomic mass is 32.2. The molecule has 45 heavy (non-hydrogen) atoms. The number of fused-ring (bicyclic) bond motifs is 4. The number of carboxylic acid groups (broad SMARTS) is 1. The average molecular weight is 644 g/mol. The highest BCUT2D eigenvalue weighted by Crippen LogP contribution is 2.37. The molecule has 15 heteroatoms. The van der Waals surface area contributed by atoms with Crippen LogP contribution in [0.3, 0.4) is 0 Å². The van der Waals surface area contributed by atoms with Crippen molar-refractivity contribution in [2.75, 3.05) is 38.1 Å². The van der Waals surface area contributed by atoms with Gasteiger partial charge in [-0.2, -0.15) is 17.5 Å². The van der Waals surface area contributed by atoms with Crippen molar-refractivity contribution in [2.45, 2.75) is 49.8 Å². The molecule has 1 fully saturated rings. The van der Waals surface area contributed by atoms with Crippen LogP contribution in [0.2, 0.25) is 0 Å². The first-order chi connectivity index (χ1) is 21.3. The number of carbonyl (C=O) groups is 1. The number of piperazine rings is 1. The second-order valence-electron chi connectivity index (χ2n) is 11.7. The molecule has 0 amide bonds. The van der Waals surface area contributed by atoms with Crippen molar-refractivity contribution in [3.8, 4) is 0 Å². The fourth-order valence-electron chi connectivity index (χ4n) is 6.39. The number of benzene rings is 1. The minimum Gasteiger partial charge on any atom is -0.481 e. The predicted molar refractivity (Wildman–Crippen MR) is 158 cm³/mol. The quantitative estimate of drug-likeness (QED) is 0.335. The molecule has 1 aromatic carbocycles. The average Bonchev–Trinajstić information content (AvgIpc) is 3.40. The van der Waals surface area contributed by atoms with Crippen LogP contribution in [0.1, 0.15) is 46.0 Å². The number of nitrogens with zero attached hydrogens (tertiary/aromatic N) is 7. The molecule has 6 rings (SSSR count). The fourth-order valence-corrected chi connectivity index (χ4v) is 7.99. The van der Waals surface area contributed by atoms with Crippen molar-refractivity contribution in [1.29, 1.82) is 0 Å². The van der Waals surface area contributed by atoms with E-state index in [1.807, 2.05) is 20.0 Å². The summed E-state index contributed by atoms with van der Waals surface area (Å²) < 4.78 is 70.8. The summed E-state index contributed by atoms with van der Waals surface area (Å²) in [6.07, 6.45) is -2.26. The van der Waals surface area contributed by atoms with Gasteiger partial charge in [-0.25, -0.2) is 13.4 Å². The summed E-state index contributed by atoms with van der Waals surface area (Å²) in [5.74, 6) is -2.57. The Morgan fingerprint density at radius 1 is 1.11 bits per heavy atom. The molecule has 11 nitrogen and oxygen atoms in total. The maximum Gasteiger partial charge on any atom is 0.452 e. The Balaban J connectivity index is 1.40. The minimum atomic E-state index is -4.71. The van der Waals surface area contributed by atoms with Crippen LogP contribution in [0, 0.1) is 13.8 Å². The molecule has 3 aromatic heterocycles. The number of aliphatic carboxylic acids is 1. The number of halogens is 3. The molecule has 238 valence electrons. The SMILES string of the molecule is Cc1ccc(C(CC(=O)O)c2ccn3c(C(F)(F)F)nnc3c2C)cc1CN1C[C@@H]2CN(C)CCN2c2ncccc2S1(=O)=O. The Hall–Kier alpha value is -4.08. The maximum atomic E-state index is 14.1. The van der Waals surface area contributed by atoms with Crippen LogP contribution < -0.4 is 4.90 Å². The van der Waals surface area contributed by atoms with Gasteiger partial charge in [-0.1, -0.05) is 18.2 Å². The lowest BCUT2D eigenvalue weighted by atomic mass is 9.85. The molecule has 2 atom stereocenters. The lowest BCUT2D eigenvalue weighted by molar-refractivity contribution is -0.145. The second-order valence-corrected chi connectivity index (χ2v) is 13.6. The molecule has 2 aliphatic rings. The second kappa shape index (κ2) is 11.4. The molecule has 0 bridgehead atoms. The molecule has 1 unspecified atom stereocenters. The van der Waals surface area contributed by atoms with Crippen molar-refractivity contribution in [3.05, 3.63) is 82.4 Å². The van der Waals surface area contributed by atoms with Gasteiger partial charge in [-0.3, -0.25) is 9.20 Å². The molecule has 5 heterocycles. The summed E-state index contributed by atoms with van der Waals surface area (Å²) in [6.45, 7) is 5.79. The summed E-state index contributed by atoms with van der Waals surface area (Å²) in [5, 5.41) is 16.9. The largest absolute Gasteiger partial charge is 0.481 e. The number of hydrogen-bond donors (Lipinski definition) is 1. The van der Waals surface area contributed by atoms with Crippen molar-refractivity contribution in [3.63, 3.8) is 0 Å². The lowest BCUT2D eigenvalue weighted by Crippen LogP contribution is -2.55. The van der Waals surface area contributed by atoms with Gasteiger partial charge in [0.25, 0.3) is 0 Å². The smallest absolute Gasteiger partial charge is 0.452 e. The molecule has 2 aliphatic heterocycles. The van der Waals surface area contributed by atoms with Crippen molar-refractivity contribution in [1.82, 2.24) is 28.8 Å². The number of pyridine rings is 2. The Morgan fingerprint density at radius 3 is 2.62 bits per heavy atom. The fraction of sp³-hybridized carbons (Fsp3) is 0.400. The van der Waals surface area contributed by atoms with Gasteiger partial charge in [0.2, 0.25) is 15.8 Å². The molecular weight excluding hydrogens is 611 g/mol. The predicted octanol–water partition coefficient (Wildman–Crippen LogP) is 3.69. The van der Waals surface area contributed by atoms with E-state index in [0.717, 1.165) is 16.5 Å². The normalized spacial score (nSPS) is 19.6. The van der Waals surface area contributed by atoms with Crippen molar-refractivity contribution >= 4 is 27.5 Å². The Kier molecular flexibility index (Phi) is 7.82. The number of rotatable bonds is 6. The number of carboxylic acids is 1. The standard InChI is InChI=1S/C30H32F3N7O4S/c1-18-6-7-20(24(14-26(41)42)23-8-10-40-27(19(23)2)35-36-29(40)30(31,32)33)13-21(18)15-38-17-22-16-37(3)11-12-39(22)28-25(45(38,43)44)5-4-9-34-28/h4-10,13,22,24H,11-12,14-17H2,1-3H3,(H,41,42)/t22-,24?/m0/s1. The first-order valence-electron chi connectivity index (χ1n) is 14.4. The third-order valence-electron chi connectivity index (χ3n) is 8.74.